The molecule has 0 N–H and O–H groups in total. The van der Waals surface area contributed by atoms with Crippen LogP contribution >= 0.6 is 12.2 Å². The molecular weight excluding hydrogens is 398 g/mol. The number of aromatic nitrogens is 1. The molecule has 7 heteroatoms. The number of nitrogens with zero attached hydrogens (tertiary/aromatic N) is 3. The second-order valence-corrected chi connectivity index (χ2v) is 7.39. The van der Waals surface area contributed by atoms with Crippen molar-refractivity contribution < 1.29 is 14.3 Å². The molecule has 0 unspecified atom stereocenters. The third kappa shape index (κ3) is 3.59. The molecule has 2 aromatic carbocycles. The van der Waals surface area contributed by atoms with E-state index in [0.717, 1.165) is 22.2 Å². The molecule has 30 heavy (non-hydrogen) atoms. The van der Waals surface area contributed by atoms with Crippen LogP contribution in [-0.2, 0) is 16.1 Å². The summed E-state index contributed by atoms with van der Waals surface area (Å²) in [4.78, 5) is 28.0. The SMILES string of the molecule is CN1C(=O)C(=Cc2cn(CCOc3ccccc3)c3ccccc23)C(=O)N(C)C1=S. The van der Waals surface area contributed by atoms with Gasteiger partial charge in [-0.3, -0.25) is 19.4 Å². The molecule has 3 aromatic rings. The van der Waals surface area contributed by atoms with Crippen molar-refractivity contribution in [3.8, 4) is 5.75 Å². The standard InChI is InChI=1S/C23H21N3O3S/c1-24-21(27)19(22(28)25(2)23(24)30)14-16-15-26(20-11-7-6-10-18(16)20)12-13-29-17-8-4-3-5-9-17/h3-11,14-15H,12-13H2,1-2H3. The fraction of sp³-hybridized carbons (Fsp3) is 0.174. The van der Waals surface area contributed by atoms with Gasteiger partial charge in [0.2, 0.25) is 0 Å². The fourth-order valence-corrected chi connectivity index (χ4v) is 3.65. The van der Waals surface area contributed by atoms with Gasteiger partial charge in [0.1, 0.15) is 17.9 Å². The molecule has 1 fully saturated rings. The monoisotopic (exact) mass is 419 g/mol. The Morgan fingerprint density at radius 3 is 2.27 bits per heavy atom. The first kappa shape index (κ1) is 19.8. The normalized spacial score (nSPS) is 14.6. The zero-order valence-electron chi connectivity index (χ0n) is 16.7. The van der Waals surface area contributed by atoms with Crippen LogP contribution in [0.15, 0.2) is 66.4 Å². The van der Waals surface area contributed by atoms with E-state index in [0.29, 0.717) is 13.2 Å². The smallest absolute Gasteiger partial charge is 0.265 e. The topological polar surface area (TPSA) is 54.8 Å². The molecule has 0 bridgehead atoms. The van der Waals surface area contributed by atoms with E-state index < -0.39 is 11.8 Å². The molecule has 152 valence electrons. The molecule has 1 aliphatic heterocycles. The van der Waals surface area contributed by atoms with Crippen molar-refractivity contribution in [2.75, 3.05) is 20.7 Å². The van der Waals surface area contributed by atoms with Crippen LogP contribution in [0, 0.1) is 0 Å². The molecule has 0 atom stereocenters. The molecule has 1 aromatic heterocycles. The molecule has 1 saturated heterocycles. The number of ether oxygens (including phenoxy) is 1. The maximum absolute atomic E-state index is 12.7. The predicted molar refractivity (Wildman–Crippen MR) is 120 cm³/mol. The maximum atomic E-state index is 12.7. The van der Waals surface area contributed by atoms with E-state index in [1.807, 2.05) is 60.8 Å². The molecular formula is C23H21N3O3S. The molecule has 0 spiro atoms. The number of para-hydroxylation sites is 2. The van der Waals surface area contributed by atoms with Gasteiger partial charge in [-0.15, -0.1) is 0 Å². The van der Waals surface area contributed by atoms with Gasteiger partial charge in [0, 0.05) is 36.8 Å². The van der Waals surface area contributed by atoms with Crippen LogP contribution in [0.2, 0.25) is 0 Å². The number of carbonyl (C=O) groups is 2. The van der Waals surface area contributed by atoms with Gasteiger partial charge in [-0.25, -0.2) is 0 Å². The van der Waals surface area contributed by atoms with Gasteiger partial charge in [0.05, 0.1) is 6.54 Å². The summed E-state index contributed by atoms with van der Waals surface area (Å²) in [5.41, 5.74) is 1.91. The number of hydrogen-bond donors (Lipinski definition) is 0. The average molecular weight is 420 g/mol. The Kier molecular flexibility index (Phi) is 5.37. The summed E-state index contributed by atoms with van der Waals surface area (Å²) in [7, 11) is 3.15. The molecule has 0 saturated carbocycles. The third-order valence-electron chi connectivity index (χ3n) is 5.11. The number of benzene rings is 2. The number of carbonyl (C=O) groups excluding carboxylic acids is 2. The first-order valence-electron chi connectivity index (χ1n) is 9.55. The Morgan fingerprint density at radius 2 is 1.57 bits per heavy atom. The lowest BCUT2D eigenvalue weighted by Crippen LogP contribution is -2.52. The lowest BCUT2D eigenvalue weighted by Gasteiger charge is -2.31. The number of amides is 2. The highest BCUT2D eigenvalue weighted by atomic mass is 32.1. The van der Waals surface area contributed by atoms with E-state index in [1.165, 1.54) is 9.80 Å². The van der Waals surface area contributed by atoms with Gasteiger partial charge in [0.25, 0.3) is 11.8 Å². The molecule has 6 nitrogen and oxygen atoms in total. The van der Waals surface area contributed by atoms with E-state index in [1.54, 1.807) is 20.2 Å². The summed E-state index contributed by atoms with van der Waals surface area (Å²) in [6.07, 6.45) is 3.59. The van der Waals surface area contributed by atoms with Gasteiger partial charge in [-0.05, 0) is 36.5 Å². The molecule has 4 rings (SSSR count). The lowest BCUT2D eigenvalue weighted by molar-refractivity contribution is -0.132. The van der Waals surface area contributed by atoms with Gasteiger partial charge in [-0.2, -0.15) is 0 Å². The molecule has 0 aliphatic carbocycles. The minimum Gasteiger partial charge on any atom is -0.492 e. The highest BCUT2D eigenvalue weighted by Crippen LogP contribution is 2.26. The molecule has 2 heterocycles. The third-order valence-corrected chi connectivity index (χ3v) is 5.66. The second kappa shape index (κ2) is 8.12. The number of fused-ring (bicyclic) bond motifs is 1. The molecule has 1 aliphatic rings. The van der Waals surface area contributed by atoms with Crippen LogP contribution in [0.1, 0.15) is 5.56 Å². The first-order valence-corrected chi connectivity index (χ1v) is 9.95. The van der Waals surface area contributed by atoms with E-state index in [4.69, 9.17) is 17.0 Å². The van der Waals surface area contributed by atoms with Crippen LogP contribution in [-0.4, -0.2) is 52.0 Å². The van der Waals surface area contributed by atoms with E-state index in [2.05, 4.69) is 4.57 Å². The Hall–Kier alpha value is -3.45. The largest absolute Gasteiger partial charge is 0.492 e. The van der Waals surface area contributed by atoms with Crippen molar-refractivity contribution in [1.82, 2.24) is 14.4 Å². The number of rotatable bonds is 5. The Labute approximate surface area is 179 Å². The van der Waals surface area contributed by atoms with Crippen molar-refractivity contribution in [1.29, 1.82) is 0 Å². The van der Waals surface area contributed by atoms with Crippen LogP contribution in [0.3, 0.4) is 0 Å². The second-order valence-electron chi connectivity index (χ2n) is 7.03. The van der Waals surface area contributed by atoms with E-state index >= 15 is 0 Å². The lowest BCUT2D eigenvalue weighted by atomic mass is 10.1. The highest BCUT2D eigenvalue weighted by Gasteiger charge is 2.35. The van der Waals surface area contributed by atoms with Crippen LogP contribution in [0.5, 0.6) is 5.75 Å². The minimum atomic E-state index is -0.396. The van der Waals surface area contributed by atoms with Crippen molar-refractivity contribution in [3.63, 3.8) is 0 Å². The van der Waals surface area contributed by atoms with Crippen LogP contribution < -0.4 is 4.74 Å². The molecule has 2 amide bonds. The minimum absolute atomic E-state index is 0.0945. The summed E-state index contributed by atoms with van der Waals surface area (Å²) >= 11 is 5.16. The molecule has 0 radical (unpaired) electrons. The van der Waals surface area contributed by atoms with E-state index in [9.17, 15) is 9.59 Å². The quantitative estimate of drug-likeness (QED) is 0.362. The van der Waals surface area contributed by atoms with Crippen LogP contribution in [0.4, 0.5) is 0 Å². The van der Waals surface area contributed by atoms with E-state index in [-0.39, 0.29) is 10.7 Å². The summed E-state index contributed by atoms with van der Waals surface area (Å²) in [6, 6.07) is 17.5. The zero-order valence-corrected chi connectivity index (χ0v) is 17.6. The van der Waals surface area contributed by atoms with Crippen molar-refractivity contribution in [3.05, 3.63) is 71.9 Å². The van der Waals surface area contributed by atoms with Gasteiger partial charge < -0.3 is 9.30 Å². The fourth-order valence-electron chi connectivity index (χ4n) is 3.48. The van der Waals surface area contributed by atoms with Crippen molar-refractivity contribution in [2.24, 2.45) is 0 Å². The average Bonchev–Trinajstić information content (AvgIpc) is 3.12. The van der Waals surface area contributed by atoms with Crippen molar-refractivity contribution >= 4 is 46.1 Å². The summed E-state index contributed by atoms with van der Waals surface area (Å²) in [5.74, 6) is 0.0245. The summed E-state index contributed by atoms with van der Waals surface area (Å²) < 4.78 is 7.89. The first-order chi connectivity index (χ1) is 14.5. The summed E-state index contributed by atoms with van der Waals surface area (Å²) in [5, 5.41) is 1.16. The Bertz CT molecular complexity index is 1140. The predicted octanol–water partition coefficient (Wildman–Crippen LogP) is 3.32. The van der Waals surface area contributed by atoms with Gasteiger partial charge in [-0.1, -0.05) is 36.4 Å². The number of hydrogen-bond acceptors (Lipinski definition) is 4. The van der Waals surface area contributed by atoms with Crippen LogP contribution in [0.25, 0.3) is 17.0 Å². The summed E-state index contributed by atoms with van der Waals surface area (Å²) in [6.45, 7) is 1.13. The highest BCUT2D eigenvalue weighted by molar-refractivity contribution is 7.80. The number of likely N-dealkylation sites (N-methyl/N-ethyl adjacent to an activating group) is 2. The van der Waals surface area contributed by atoms with Gasteiger partial charge in [0.15, 0.2) is 5.11 Å². The zero-order chi connectivity index (χ0) is 21.3. The maximum Gasteiger partial charge on any atom is 0.265 e. The van der Waals surface area contributed by atoms with Crippen molar-refractivity contribution in [2.45, 2.75) is 6.54 Å². The Morgan fingerprint density at radius 1 is 0.933 bits per heavy atom. The number of thiocarbonyl (C=S) groups is 1. The Balaban J connectivity index is 1.65. The van der Waals surface area contributed by atoms with Gasteiger partial charge >= 0.3 is 0 Å².